The summed E-state index contributed by atoms with van der Waals surface area (Å²) in [6.07, 6.45) is -3.58. The van der Waals surface area contributed by atoms with Gasteiger partial charge in [0.25, 0.3) is 0 Å². The van der Waals surface area contributed by atoms with Gasteiger partial charge in [-0.2, -0.15) is 18.4 Å². The lowest BCUT2D eigenvalue weighted by Crippen LogP contribution is -2.61. The van der Waals surface area contributed by atoms with Crippen molar-refractivity contribution in [2.45, 2.75) is 38.0 Å². The van der Waals surface area contributed by atoms with E-state index in [0.717, 1.165) is 23.1 Å². The number of halogens is 4. The maximum Gasteiger partial charge on any atom is 0.416 e. The molecule has 8 nitrogen and oxygen atoms in total. The number of carbonyl (C=O) groups is 3. The molecule has 1 saturated heterocycles. The molecule has 0 N–H and O–H groups in total. The Bertz CT molecular complexity index is 1300. The normalized spacial score (nSPS) is 20.7. The largest absolute Gasteiger partial charge is 0.416 e. The van der Waals surface area contributed by atoms with E-state index in [4.69, 9.17) is 10.00 Å². The summed E-state index contributed by atoms with van der Waals surface area (Å²) >= 11 is 0. The zero-order valence-corrected chi connectivity index (χ0v) is 21.8. The topological polar surface area (TPSA) is 93.9 Å². The highest BCUT2D eigenvalue weighted by molar-refractivity contribution is 5.90. The van der Waals surface area contributed by atoms with E-state index in [-0.39, 0.29) is 29.6 Å². The predicted molar refractivity (Wildman–Crippen MR) is 135 cm³/mol. The van der Waals surface area contributed by atoms with Crippen molar-refractivity contribution < 1.29 is 36.7 Å². The van der Waals surface area contributed by atoms with Crippen LogP contribution in [0, 0.1) is 23.1 Å². The number of carbonyl (C=O) groups excluding carboxylic acids is 3. The highest BCUT2D eigenvalue weighted by Crippen LogP contribution is 2.44. The molecule has 40 heavy (non-hydrogen) atoms. The molecule has 12 heteroatoms. The minimum absolute atomic E-state index is 0.0420. The fraction of sp³-hybridized carbons (Fsp3) is 0.429. The Morgan fingerprint density at radius 1 is 1.15 bits per heavy atom. The molecule has 1 saturated carbocycles. The van der Waals surface area contributed by atoms with Gasteiger partial charge in [-0.25, -0.2) is 4.39 Å². The fourth-order valence-electron chi connectivity index (χ4n) is 5.22. The first-order valence-corrected chi connectivity index (χ1v) is 12.7. The number of hydrogen-bond donors (Lipinski definition) is 0. The van der Waals surface area contributed by atoms with E-state index in [1.165, 1.54) is 29.2 Å². The van der Waals surface area contributed by atoms with Crippen LogP contribution in [0.25, 0.3) is 0 Å². The van der Waals surface area contributed by atoms with Crippen LogP contribution in [0.15, 0.2) is 42.5 Å². The van der Waals surface area contributed by atoms with E-state index >= 15 is 0 Å². The van der Waals surface area contributed by atoms with Crippen molar-refractivity contribution in [2.75, 3.05) is 37.7 Å². The second-order valence-electron chi connectivity index (χ2n) is 10.2. The fourth-order valence-corrected chi connectivity index (χ4v) is 5.22. The lowest BCUT2D eigenvalue weighted by molar-refractivity contribution is -0.156. The summed E-state index contributed by atoms with van der Waals surface area (Å²) in [7, 11) is 0. The highest BCUT2D eigenvalue weighted by atomic mass is 19.4. The highest BCUT2D eigenvalue weighted by Gasteiger charge is 2.50. The number of rotatable bonds is 8. The third-order valence-corrected chi connectivity index (χ3v) is 7.44. The number of benzene rings is 2. The first-order chi connectivity index (χ1) is 18.9. The summed E-state index contributed by atoms with van der Waals surface area (Å²) in [6, 6.07) is 9.68. The molecule has 2 fully saturated rings. The molecular formula is C28H28F4N4O4. The van der Waals surface area contributed by atoms with Crippen molar-refractivity contribution in [3.8, 4) is 6.07 Å². The number of hydrogen-bond acceptors (Lipinski definition) is 5. The van der Waals surface area contributed by atoms with Gasteiger partial charge in [0.05, 0.1) is 36.1 Å². The van der Waals surface area contributed by atoms with Crippen LogP contribution in [0.2, 0.25) is 0 Å². The van der Waals surface area contributed by atoms with Crippen LogP contribution in [-0.4, -0.2) is 66.4 Å². The number of anilines is 1. The molecule has 1 aliphatic carbocycles. The second-order valence-corrected chi connectivity index (χ2v) is 10.2. The van der Waals surface area contributed by atoms with E-state index in [2.05, 4.69) is 0 Å². The van der Waals surface area contributed by atoms with Gasteiger partial charge in [0.2, 0.25) is 18.2 Å². The summed E-state index contributed by atoms with van der Waals surface area (Å²) in [5.41, 5.74) is -1.39. The smallest absolute Gasteiger partial charge is 0.378 e. The molecule has 3 amide bonds. The molecular weight excluding hydrogens is 532 g/mol. The minimum atomic E-state index is -4.52. The van der Waals surface area contributed by atoms with Gasteiger partial charge in [-0.3, -0.25) is 14.4 Å². The van der Waals surface area contributed by atoms with Gasteiger partial charge in [-0.05, 0) is 55.7 Å². The quantitative estimate of drug-likeness (QED) is 0.362. The average Bonchev–Trinajstić information content (AvgIpc) is 2.92. The maximum atomic E-state index is 14.6. The van der Waals surface area contributed by atoms with Gasteiger partial charge in [0.1, 0.15) is 12.4 Å². The zero-order chi connectivity index (χ0) is 29.1. The first-order valence-electron chi connectivity index (χ1n) is 12.7. The van der Waals surface area contributed by atoms with Crippen molar-refractivity contribution in [3.05, 3.63) is 65.0 Å². The Hall–Kier alpha value is -3.98. The summed E-state index contributed by atoms with van der Waals surface area (Å²) in [6.45, 7) is 3.00. The number of nitriles is 1. The summed E-state index contributed by atoms with van der Waals surface area (Å²) in [5, 5.41) is 8.98. The molecule has 0 atom stereocenters. The van der Waals surface area contributed by atoms with Gasteiger partial charge in [-0.1, -0.05) is 12.1 Å². The molecule has 2 aliphatic rings. The van der Waals surface area contributed by atoms with Crippen molar-refractivity contribution >= 4 is 23.9 Å². The molecule has 4 rings (SSSR count). The number of amides is 3. The maximum absolute atomic E-state index is 14.6. The van der Waals surface area contributed by atoms with E-state index in [9.17, 15) is 31.9 Å². The molecule has 0 aromatic heterocycles. The van der Waals surface area contributed by atoms with Crippen LogP contribution in [0.4, 0.5) is 23.2 Å². The van der Waals surface area contributed by atoms with Crippen LogP contribution >= 0.6 is 0 Å². The van der Waals surface area contributed by atoms with Gasteiger partial charge in [-0.15, -0.1) is 0 Å². The van der Waals surface area contributed by atoms with E-state index < -0.39 is 35.5 Å². The number of morpholine rings is 1. The SMILES string of the molecule is CC1(N(Cc2ccc(C(F)(F)F)cc2)C(=O)CN(C=O)c2ccc(C#N)cc2F)CC(C(=O)N2CCOCC2)C1. The average molecular weight is 561 g/mol. The molecule has 0 unspecified atom stereocenters. The third-order valence-electron chi connectivity index (χ3n) is 7.44. The molecule has 212 valence electrons. The number of alkyl halides is 3. The number of nitrogens with zero attached hydrogens (tertiary/aromatic N) is 4. The molecule has 2 aromatic rings. The van der Waals surface area contributed by atoms with Crippen LogP contribution in [0.5, 0.6) is 0 Å². The second kappa shape index (κ2) is 11.6. The summed E-state index contributed by atoms with van der Waals surface area (Å²) in [4.78, 5) is 42.5. The lowest BCUT2D eigenvalue weighted by Gasteiger charge is -2.53. The molecule has 0 bridgehead atoms. The van der Waals surface area contributed by atoms with Crippen LogP contribution in [0.3, 0.4) is 0 Å². The third kappa shape index (κ3) is 6.25. The van der Waals surface area contributed by atoms with E-state index in [1.54, 1.807) is 17.9 Å². The lowest BCUT2D eigenvalue weighted by atomic mass is 9.67. The van der Waals surface area contributed by atoms with Crippen LogP contribution < -0.4 is 4.90 Å². The summed E-state index contributed by atoms with van der Waals surface area (Å²) in [5.74, 6) is -1.82. The molecule has 1 heterocycles. The number of ether oxygens (including phenoxy) is 1. The Kier molecular flexibility index (Phi) is 8.44. The van der Waals surface area contributed by atoms with Gasteiger partial charge < -0.3 is 19.4 Å². The van der Waals surface area contributed by atoms with Crippen molar-refractivity contribution in [1.82, 2.24) is 9.80 Å². The standard InChI is InChI=1S/C28H28F4N4O4/c1-27(13-21(14-27)26(39)34-8-10-40-11-9-34)36(16-19-2-5-22(6-3-19)28(30,31)32)25(38)17-35(18-37)24-7-4-20(15-33)12-23(24)29/h2-7,12,18,21H,8-11,13-14,16-17H2,1H3. The molecule has 2 aromatic carbocycles. The van der Waals surface area contributed by atoms with Crippen LogP contribution in [0.1, 0.15) is 36.5 Å². The Morgan fingerprint density at radius 3 is 2.35 bits per heavy atom. The van der Waals surface area contributed by atoms with E-state index in [0.29, 0.717) is 51.1 Å². The van der Waals surface area contributed by atoms with Gasteiger partial charge in [0.15, 0.2) is 0 Å². The molecule has 0 spiro atoms. The predicted octanol–water partition coefficient (Wildman–Crippen LogP) is 3.74. The Morgan fingerprint density at radius 2 is 1.80 bits per heavy atom. The Balaban J connectivity index is 1.56. The van der Waals surface area contributed by atoms with Crippen molar-refractivity contribution in [1.29, 1.82) is 5.26 Å². The van der Waals surface area contributed by atoms with Gasteiger partial charge in [0, 0.05) is 31.1 Å². The zero-order valence-electron chi connectivity index (χ0n) is 21.8. The molecule has 0 radical (unpaired) electrons. The first kappa shape index (κ1) is 29.0. The van der Waals surface area contributed by atoms with Crippen molar-refractivity contribution in [3.63, 3.8) is 0 Å². The van der Waals surface area contributed by atoms with Crippen LogP contribution in [-0.2, 0) is 31.8 Å². The van der Waals surface area contributed by atoms with E-state index in [1.807, 2.05) is 0 Å². The monoisotopic (exact) mass is 560 g/mol. The Labute approximate surface area is 228 Å². The van der Waals surface area contributed by atoms with Gasteiger partial charge >= 0.3 is 6.18 Å². The minimum Gasteiger partial charge on any atom is -0.378 e. The van der Waals surface area contributed by atoms with Crippen molar-refractivity contribution in [2.24, 2.45) is 5.92 Å². The summed E-state index contributed by atoms with van der Waals surface area (Å²) < 4.78 is 59.1. The molecule has 1 aliphatic heterocycles.